The molecular weight excluding hydrogens is 182 g/mol. The highest BCUT2D eigenvalue weighted by Gasteiger charge is 2.18. The van der Waals surface area contributed by atoms with Gasteiger partial charge >= 0.3 is 0 Å². The molecule has 0 aromatic rings. The van der Waals surface area contributed by atoms with Crippen molar-refractivity contribution in [1.29, 1.82) is 0 Å². The molecule has 0 aromatic heterocycles. The quantitative estimate of drug-likeness (QED) is 0.617. The maximum Gasteiger partial charge on any atom is 0.121 e. The molecule has 14 heavy (non-hydrogen) atoms. The average Bonchev–Trinajstić information content (AvgIpc) is 2.25. The number of rotatable bonds is 6. The fourth-order valence-corrected chi connectivity index (χ4v) is 1.75. The Bertz CT molecular complexity index is 155. The van der Waals surface area contributed by atoms with E-state index in [1.54, 1.807) is 0 Å². The van der Waals surface area contributed by atoms with E-state index in [9.17, 15) is 4.79 Å². The van der Waals surface area contributed by atoms with Crippen LogP contribution in [0, 0.1) is 0 Å². The van der Waals surface area contributed by atoms with E-state index >= 15 is 0 Å². The summed E-state index contributed by atoms with van der Waals surface area (Å²) in [7, 11) is 0. The van der Waals surface area contributed by atoms with E-state index in [0.717, 1.165) is 38.8 Å². The summed E-state index contributed by atoms with van der Waals surface area (Å²) >= 11 is 0. The molecule has 0 atom stereocenters. The summed E-state index contributed by atoms with van der Waals surface area (Å²) in [5.41, 5.74) is 0. The summed E-state index contributed by atoms with van der Waals surface area (Å²) in [5, 5.41) is 8.59. The Morgan fingerprint density at radius 3 is 2.71 bits per heavy atom. The molecule has 1 N–H and O–H groups in total. The second-order valence-electron chi connectivity index (χ2n) is 3.59. The van der Waals surface area contributed by atoms with Gasteiger partial charge in [0.15, 0.2) is 0 Å². The van der Waals surface area contributed by atoms with Gasteiger partial charge < -0.3 is 19.5 Å². The Morgan fingerprint density at radius 1 is 1.43 bits per heavy atom. The number of hydrogen-bond acceptors (Lipinski definition) is 4. The standard InChI is InChI=1S/C10H19NO3/c12-7-1-4-11-5-2-10(3-6-11)14-9-8-13/h7,10,13H,1-6,8-9H2. The van der Waals surface area contributed by atoms with Gasteiger partial charge in [0.25, 0.3) is 0 Å². The Balaban J connectivity index is 2.08. The number of likely N-dealkylation sites (tertiary alicyclic amines) is 1. The van der Waals surface area contributed by atoms with Crippen LogP contribution in [0.5, 0.6) is 0 Å². The number of carbonyl (C=O) groups is 1. The number of aliphatic hydroxyl groups is 1. The van der Waals surface area contributed by atoms with Crippen molar-refractivity contribution in [3.63, 3.8) is 0 Å². The second-order valence-corrected chi connectivity index (χ2v) is 3.59. The minimum atomic E-state index is 0.103. The highest BCUT2D eigenvalue weighted by molar-refractivity contribution is 5.49. The van der Waals surface area contributed by atoms with E-state index in [1.165, 1.54) is 0 Å². The number of aliphatic hydroxyl groups excluding tert-OH is 1. The molecule has 1 rings (SSSR count). The third-order valence-electron chi connectivity index (χ3n) is 2.54. The lowest BCUT2D eigenvalue weighted by Gasteiger charge is -2.31. The maximum atomic E-state index is 10.2. The van der Waals surface area contributed by atoms with Crippen molar-refractivity contribution in [3.8, 4) is 0 Å². The van der Waals surface area contributed by atoms with Crippen LogP contribution in [0.3, 0.4) is 0 Å². The van der Waals surface area contributed by atoms with Crippen molar-refractivity contribution in [1.82, 2.24) is 4.90 Å². The minimum Gasteiger partial charge on any atom is -0.394 e. The Kier molecular flexibility index (Phi) is 5.75. The summed E-state index contributed by atoms with van der Waals surface area (Å²) in [5.74, 6) is 0. The van der Waals surface area contributed by atoms with Crippen molar-refractivity contribution in [2.45, 2.75) is 25.4 Å². The minimum absolute atomic E-state index is 0.103. The van der Waals surface area contributed by atoms with Gasteiger partial charge in [-0.2, -0.15) is 0 Å². The van der Waals surface area contributed by atoms with Crippen LogP contribution in [0.4, 0.5) is 0 Å². The van der Waals surface area contributed by atoms with Crippen molar-refractivity contribution >= 4 is 6.29 Å². The highest BCUT2D eigenvalue weighted by Crippen LogP contribution is 2.13. The van der Waals surface area contributed by atoms with Gasteiger partial charge in [0, 0.05) is 26.1 Å². The molecule has 0 unspecified atom stereocenters. The number of ether oxygens (including phenoxy) is 1. The van der Waals surface area contributed by atoms with Crippen LogP contribution in [-0.4, -0.2) is 55.2 Å². The van der Waals surface area contributed by atoms with Crippen molar-refractivity contribution in [3.05, 3.63) is 0 Å². The van der Waals surface area contributed by atoms with Gasteiger partial charge in [-0.3, -0.25) is 0 Å². The highest BCUT2D eigenvalue weighted by atomic mass is 16.5. The van der Waals surface area contributed by atoms with E-state index in [2.05, 4.69) is 4.90 Å². The summed E-state index contributed by atoms with van der Waals surface area (Å²) in [4.78, 5) is 12.5. The van der Waals surface area contributed by atoms with E-state index < -0.39 is 0 Å². The molecule has 0 spiro atoms. The first kappa shape index (κ1) is 11.6. The van der Waals surface area contributed by atoms with E-state index in [1.807, 2.05) is 0 Å². The zero-order valence-corrected chi connectivity index (χ0v) is 8.52. The molecule has 0 amide bonds. The third-order valence-corrected chi connectivity index (χ3v) is 2.54. The van der Waals surface area contributed by atoms with Gasteiger partial charge in [-0.1, -0.05) is 0 Å². The number of carbonyl (C=O) groups excluding carboxylic acids is 1. The first-order valence-corrected chi connectivity index (χ1v) is 5.25. The largest absolute Gasteiger partial charge is 0.394 e. The van der Waals surface area contributed by atoms with E-state index in [-0.39, 0.29) is 6.61 Å². The first-order valence-electron chi connectivity index (χ1n) is 5.25. The van der Waals surface area contributed by atoms with E-state index in [4.69, 9.17) is 9.84 Å². The molecule has 4 heteroatoms. The summed E-state index contributed by atoms with van der Waals surface area (Å²) < 4.78 is 5.44. The van der Waals surface area contributed by atoms with Crippen LogP contribution in [0.2, 0.25) is 0 Å². The zero-order valence-electron chi connectivity index (χ0n) is 8.52. The number of piperidine rings is 1. The topological polar surface area (TPSA) is 49.8 Å². The molecule has 0 bridgehead atoms. The van der Waals surface area contributed by atoms with Crippen LogP contribution in [0.25, 0.3) is 0 Å². The van der Waals surface area contributed by atoms with E-state index in [0.29, 0.717) is 19.1 Å². The lowest BCUT2D eigenvalue weighted by Crippen LogP contribution is -2.37. The molecule has 1 fully saturated rings. The van der Waals surface area contributed by atoms with Crippen LogP contribution in [0.1, 0.15) is 19.3 Å². The second kappa shape index (κ2) is 6.92. The van der Waals surface area contributed by atoms with Crippen LogP contribution < -0.4 is 0 Å². The molecule has 0 aromatic carbocycles. The van der Waals surface area contributed by atoms with Crippen molar-refractivity contribution < 1.29 is 14.6 Å². The van der Waals surface area contributed by atoms with Gasteiger partial charge in [0.1, 0.15) is 6.29 Å². The lowest BCUT2D eigenvalue weighted by atomic mass is 10.1. The van der Waals surface area contributed by atoms with Crippen LogP contribution >= 0.6 is 0 Å². The molecule has 0 aliphatic carbocycles. The fraction of sp³-hybridized carbons (Fsp3) is 0.900. The zero-order chi connectivity index (χ0) is 10.2. The normalized spacial score (nSPS) is 19.8. The number of hydrogen-bond donors (Lipinski definition) is 1. The fourth-order valence-electron chi connectivity index (χ4n) is 1.75. The Morgan fingerprint density at radius 2 is 2.14 bits per heavy atom. The number of aldehydes is 1. The Hall–Kier alpha value is -0.450. The Labute approximate surface area is 84.8 Å². The van der Waals surface area contributed by atoms with Gasteiger partial charge in [-0.15, -0.1) is 0 Å². The van der Waals surface area contributed by atoms with Crippen molar-refractivity contribution in [2.24, 2.45) is 0 Å². The van der Waals surface area contributed by atoms with Crippen molar-refractivity contribution in [2.75, 3.05) is 32.8 Å². The van der Waals surface area contributed by atoms with Gasteiger partial charge in [0.05, 0.1) is 19.3 Å². The van der Waals surface area contributed by atoms with Gasteiger partial charge in [-0.05, 0) is 12.8 Å². The maximum absolute atomic E-state index is 10.2. The molecule has 0 saturated carbocycles. The first-order chi connectivity index (χ1) is 6.86. The monoisotopic (exact) mass is 201 g/mol. The van der Waals surface area contributed by atoms with Crippen LogP contribution in [0.15, 0.2) is 0 Å². The summed E-state index contributed by atoms with van der Waals surface area (Å²) in [6.45, 7) is 3.43. The molecule has 4 nitrogen and oxygen atoms in total. The molecule has 1 aliphatic rings. The summed E-state index contributed by atoms with van der Waals surface area (Å²) in [6, 6.07) is 0. The predicted octanol–water partition coefficient (Wildman–Crippen LogP) is 0.0487. The SMILES string of the molecule is O=CCCN1CCC(OCCO)CC1. The van der Waals surface area contributed by atoms with Gasteiger partial charge in [-0.25, -0.2) is 0 Å². The molecular formula is C10H19NO3. The predicted molar refractivity (Wildman–Crippen MR) is 53.2 cm³/mol. The third kappa shape index (κ3) is 4.17. The van der Waals surface area contributed by atoms with Crippen LogP contribution in [-0.2, 0) is 9.53 Å². The summed E-state index contributed by atoms with van der Waals surface area (Å²) in [6.07, 6.45) is 3.92. The molecule has 82 valence electrons. The van der Waals surface area contributed by atoms with Gasteiger partial charge in [0.2, 0.25) is 0 Å². The molecule has 1 saturated heterocycles. The number of nitrogens with zero attached hydrogens (tertiary/aromatic N) is 1. The smallest absolute Gasteiger partial charge is 0.121 e. The molecule has 1 heterocycles. The molecule has 1 aliphatic heterocycles. The average molecular weight is 201 g/mol. The molecule has 0 radical (unpaired) electrons. The lowest BCUT2D eigenvalue weighted by molar-refractivity contribution is -0.108.